The van der Waals surface area contributed by atoms with Gasteiger partial charge in [0.15, 0.2) is 0 Å². The Morgan fingerprint density at radius 2 is 1.95 bits per heavy atom. The molecule has 112 valence electrons. The summed E-state index contributed by atoms with van der Waals surface area (Å²) in [5.41, 5.74) is 6.04. The molecule has 1 saturated carbocycles. The van der Waals surface area contributed by atoms with Crippen LogP contribution in [0, 0.1) is 17.8 Å². The van der Waals surface area contributed by atoms with E-state index in [4.69, 9.17) is 5.73 Å². The number of nitrogens with one attached hydrogen (secondary N) is 1. The number of rotatable bonds is 5. The number of carbonyl (C=O) groups is 1. The topological polar surface area (TPSA) is 58.4 Å². The van der Waals surface area contributed by atoms with Gasteiger partial charge in [-0.25, -0.2) is 0 Å². The van der Waals surface area contributed by atoms with Gasteiger partial charge in [0.25, 0.3) is 0 Å². The van der Waals surface area contributed by atoms with E-state index in [9.17, 15) is 4.79 Å². The fourth-order valence-corrected chi connectivity index (χ4v) is 2.99. The minimum absolute atomic E-state index is 0.0992. The summed E-state index contributed by atoms with van der Waals surface area (Å²) in [6.45, 7) is 7.39. The molecule has 0 aromatic carbocycles. The first-order valence-electron chi connectivity index (χ1n) is 7.50. The number of amides is 1. The van der Waals surface area contributed by atoms with Crippen LogP contribution in [0.1, 0.15) is 40.0 Å². The molecule has 0 saturated heterocycles. The van der Waals surface area contributed by atoms with Crippen molar-refractivity contribution in [3.63, 3.8) is 0 Å². The zero-order valence-corrected chi connectivity index (χ0v) is 13.1. The van der Waals surface area contributed by atoms with E-state index in [1.807, 2.05) is 14.1 Å². The van der Waals surface area contributed by atoms with E-state index in [2.05, 4.69) is 31.0 Å². The number of nitrogens with zero attached hydrogens (tertiary/aromatic N) is 1. The lowest BCUT2D eigenvalue weighted by Gasteiger charge is -2.33. The third-order valence-electron chi connectivity index (χ3n) is 4.04. The molecule has 3 N–H and O–H groups in total. The summed E-state index contributed by atoms with van der Waals surface area (Å²) in [4.78, 5) is 14.5. The highest BCUT2D eigenvalue weighted by atomic mass is 16.2. The van der Waals surface area contributed by atoms with Crippen LogP contribution in [0.5, 0.6) is 0 Å². The first kappa shape index (κ1) is 16.4. The Kier molecular flexibility index (Phi) is 6.27. The first-order valence-corrected chi connectivity index (χ1v) is 7.50. The van der Waals surface area contributed by atoms with Crippen molar-refractivity contribution in [2.75, 3.05) is 20.6 Å². The zero-order valence-electron chi connectivity index (χ0n) is 13.1. The molecule has 0 aliphatic heterocycles. The molecule has 4 atom stereocenters. The van der Waals surface area contributed by atoms with E-state index >= 15 is 0 Å². The van der Waals surface area contributed by atoms with Crippen molar-refractivity contribution in [3.05, 3.63) is 0 Å². The summed E-state index contributed by atoms with van der Waals surface area (Å²) >= 11 is 0. The van der Waals surface area contributed by atoms with Crippen molar-refractivity contribution in [1.29, 1.82) is 0 Å². The van der Waals surface area contributed by atoms with Gasteiger partial charge in [-0.05, 0) is 45.2 Å². The van der Waals surface area contributed by atoms with E-state index in [-0.39, 0.29) is 23.9 Å². The number of nitrogens with two attached hydrogens (primary N) is 1. The van der Waals surface area contributed by atoms with Gasteiger partial charge in [0, 0.05) is 24.5 Å². The SMILES string of the molecule is CC1CC(N)CC(C(=O)NC(CN(C)C)C(C)C)C1. The van der Waals surface area contributed by atoms with Gasteiger partial charge < -0.3 is 16.0 Å². The van der Waals surface area contributed by atoms with Crippen LogP contribution in [0.25, 0.3) is 0 Å². The van der Waals surface area contributed by atoms with E-state index in [1.54, 1.807) is 0 Å². The molecule has 1 rings (SSSR count). The quantitative estimate of drug-likeness (QED) is 0.794. The molecule has 1 fully saturated rings. The van der Waals surface area contributed by atoms with Crippen LogP contribution in [-0.4, -0.2) is 43.5 Å². The van der Waals surface area contributed by atoms with E-state index in [1.165, 1.54) is 0 Å². The summed E-state index contributed by atoms with van der Waals surface area (Å²) in [5.74, 6) is 1.30. The summed E-state index contributed by atoms with van der Waals surface area (Å²) in [6, 6.07) is 0.404. The molecule has 0 aromatic heterocycles. The Bertz CT molecular complexity index is 281. The highest BCUT2D eigenvalue weighted by Crippen LogP contribution is 2.28. The van der Waals surface area contributed by atoms with Gasteiger partial charge in [-0.2, -0.15) is 0 Å². The van der Waals surface area contributed by atoms with Gasteiger partial charge in [-0.1, -0.05) is 20.8 Å². The molecule has 1 amide bonds. The Morgan fingerprint density at radius 3 is 2.42 bits per heavy atom. The lowest BCUT2D eigenvalue weighted by molar-refractivity contribution is -0.127. The lowest BCUT2D eigenvalue weighted by atomic mass is 9.79. The third kappa shape index (κ3) is 5.49. The molecular formula is C15H31N3O. The van der Waals surface area contributed by atoms with Crippen LogP contribution in [0.15, 0.2) is 0 Å². The second kappa shape index (κ2) is 7.25. The van der Waals surface area contributed by atoms with E-state index in [0.717, 1.165) is 25.8 Å². The van der Waals surface area contributed by atoms with Crippen molar-refractivity contribution in [3.8, 4) is 0 Å². The monoisotopic (exact) mass is 269 g/mol. The van der Waals surface area contributed by atoms with Crippen molar-refractivity contribution < 1.29 is 4.79 Å². The summed E-state index contributed by atoms with van der Waals surface area (Å²) in [5, 5.41) is 3.22. The molecule has 0 bridgehead atoms. The Hall–Kier alpha value is -0.610. The lowest BCUT2D eigenvalue weighted by Crippen LogP contribution is -2.49. The normalized spacial score (nSPS) is 29.6. The van der Waals surface area contributed by atoms with Crippen molar-refractivity contribution in [1.82, 2.24) is 10.2 Å². The molecule has 1 aliphatic rings. The molecule has 4 unspecified atom stereocenters. The predicted molar refractivity (Wildman–Crippen MR) is 79.8 cm³/mol. The minimum Gasteiger partial charge on any atom is -0.352 e. The Morgan fingerprint density at radius 1 is 1.32 bits per heavy atom. The van der Waals surface area contributed by atoms with Crippen LogP contribution in [0.4, 0.5) is 0 Å². The predicted octanol–water partition coefficient (Wildman–Crippen LogP) is 1.45. The number of likely N-dealkylation sites (N-methyl/N-ethyl adjacent to an activating group) is 1. The van der Waals surface area contributed by atoms with Gasteiger partial charge in [0.05, 0.1) is 0 Å². The van der Waals surface area contributed by atoms with Crippen LogP contribution >= 0.6 is 0 Å². The first-order chi connectivity index (χ1) is 8.79. The average molecular weight is 269 g/mol. The number of hydrogen-bond acceptors (Lipinski definition) is 3. The van der Waals surface area contributed by atoms with Crippen molar-refractivity contribution >= 4 is 5.91 Å². The molecule has 4 heteroatoms. The molecule has 0 spiro atoms. The van der Waals surface area contributed by atoms with Gasteiger partial charge in [0.1, 0.15) is 0 Å². The molecule has 0 radical (unpaired) electrons. The van der Waals surface area contributed by atoms with Gasteiger partial charge in [0.2, 0.25) is 5.91 Å². The summed E-state index contributed by atoms with van der Waals surface area (Å²) < 4.78 is 0. The van der Waals surface area contributed by atoms with Gasteiger partial charge >= 0.3 is 0 Å². The maximum absolute atomic E-state index is 12.4. The fourth-order valence-electron chi connectivity index (χ4n) is 2.99. The zero-order chi connectivity index (χ0) is 14.6. The maximum Gasteiger partial charge on any atom is 0.223 e. The van der Waals surface area contributed by atoms with Crippen LogP contribution in [0.3, 0.4) is 0 Å². The largest absolute Gasteiger partial charge is 0.352 e. The average Bonchev–Trinajstić information content (AvgIpc) is 2.25. The van der Waals surface area contributed by atoms with Crippen molar-refractivity contribution in [2.45, 2.75) is 52.1 Å². The smallest absolute Gasteiger partial charge is 0.223 e. The molecule has 0 heterocycles. The van der Waals surface area contributed by atoms with Crippen LogP contribution in [0.2, 0.25) is 0 Å². The summed E-state index contributed by atoms with van der Waals surface area (Å²) in [7, 11) is 4.08. The van der Waals surface area contributed by atoms with Gasteiger partial charge in [-0.3, -0.25) is 4.79 Å². The molecule has 1 aliphatic carbocycles. The number of carbonyl (C=O) groups excluding carboxylic acids is 1. The number of hydrogen-bond donors (Lipinski definition) is 2. The second-order valence-corrected chi connectivity index (χ2v) is 6.89. The van der Waals surface area contributed by atoms with Crippen LogP contribution < -0.4 is 11.1 Å². The van der Waals surface area contributed by atoms with E-state index in [0.29, 0.717) is 11.8 Å². The second-order valence-electron chi connectivity index (χ2n) is 6.89. The van der Waals surface area contributed by atoms with Gasteiger partial charge in [-0.15, -0.1) is 0 Å². The molecular weight excluding hydrogens is 238 g/mol. The minimum atomic E-state index is 0.0992. The third-order valence-corrected chi connectivity index (χ3v) is 4.04. The highest BCUT2D eigenvalue weighted by Gasteiger charge is 2.30. The summed E-state index contributed by atoms with van der Waals surface area (Å²) in [6.07, 6.45) is 2.87. The van der Waals surface area contributed by atoms with Crippen molar-refractivity contribution in [2.24, 2.45) is 23.5 Å². The Balaban J connectivity index is 2.56. The van der Waals surface area contributed by atoms with E-state index < -0.39 is 0 Å². The molecule has 19 heavy (non-hydrogen) atoms. The molecule has 0 aromatic rings. The Labute approximate surface area is 118 Å². The fraction of sp³-hybridized carbons (Fsp3) is 0.933. The highest BCUT2D eigenvalue weighted by molar-refractivity contribution is 5.79. The van der Waals surface area contributed by atoms with Crippen LogP contribution in [-0.2, 0) is 4.79 Å². The standard InChI is InChI=1S/C15H31N3O/c1-10(2)14(9-18(4)5)17-15(19)12-6-11(3)7-13(16)8-12/h10-14H,6-9,16H2,1-5H3,(H,17,19). The molecule has 4 nitrogen and oxygen atoms in total. The maximum atomic E-state index is 12.4.